The standard InChI is InChI=1S/C13H17N3O2/c1-8-3-4-10(14)7-11(8)13(18)16-6-5-15-12(17)9(16)2/h3-4,7,9H,5-6,14H2,1-2H3,(H,15,17). The van der Waals surface area contributed by atoms with Crippen LogP contribution < -0.4 is 11.1 Å². The number of hydrogen-bond acceptors (Lipinski definition) is 3. The van der Waals surface area contributed by atoms with Crippen LogP contribution in [0.1, 0.15) is 22.8 Å². The maximum atomic E-state index is 12.4. The van der Waals surface area contributed by atoms with Crippen molar-refractivity contribution in [3.63, 3.8) is 0 Å². The van der Waals surface area contributed by atoms with Crippen molar-refractivity contribution in [1.82, 2.24) is 10.2 Å². The topological polar surface area (TPSA) is 75.4 Å². The highest BCUT2D eigenvalue weighted by Crippen LogP contribution is 2.17. The number of carbonyl (C=O) groups is 2. The molecule has 1 aromatic rings. The van der Waals surface area contributed by atoms with Crippen LogP contribution in [-0.2, 0) is 4.79 Å². The lowest BCUT2D eigenvalue weighted by Crippen LogP contribution is -2.55. The zero-order chi connectivity index (χ0) is 13.3. The van der Waals surface area contributed by atoms with Gasteiger partial charge in [-0.1, -0.05) is 6.07 Å². The second kappa shape index (κ2) is 4.68. The number of nitrogen functional groups attached to an aromatic ring is 1. The van der Waals surface area contributed by atoms with Gasteiger partial charge in [0, 0.05) is 24.3 Å². The Morgan fingerprint density at radius 3 is 2.94 bits per heavy atom. The number of amides is 2. The molecule has 0 aromatic heterocycles. The number of aryl methyl sites for hydroxylation is 1. The highest BCUT2D eigenvalue weighted by atomic mass is 16.2. The van der Waals surface area contributed by atoms with Crippen molar-refractivity contribution in [3.05, 3.63) is 29.3 Å². The third kappa shape index (κ3) is 2.16. The summed E-state index contributed by atoms with van der Waals surface area (Å²) in [7, 11) is 0. The van der Waals surface area contributed by atoms with Gasteiger partial charge in [0.05, 0.1) is 0 Å². The summed E-state index contributed by atoms with van der Waals surface area (Å²) in [6, 6.07) is 4.80. The van der Waals surface area contributed by atoms with E-state index in [0.717, 1.165) is 5.56 Å². The minimum absolute atomic E-state index is 0.115. The molecule has 1 fully saturated rings. The van der Waals surface area contributed by atoms with Gasteiger partial charge in [0.15, 0.2) is 0 Å². The minimum atomic E-state index is -0.438. The molecule has 1 aliphatic rings. The Labute approximate surface area is 106 Å². The highest BCUT2D eigenvalue weighted by molar-refractivity contribution is 5.99. The molecule has 1 aromatic carbocycles. The number of hydrogen-bond donors (Lipinski definition) is 2. The van der Waals surface area contributed by atoms with Crippen molar-refractivity contribution in [1.29, 1.82) is 0 Å². The normalized spacial score (nSPS) is 19.6. The third-order valence-corrected chi connectivity index (χ3v) is 3.25. The van der Waals surface area contributed by atoms with E-state index in [1.54, 1.807) is 24.0 Å². The van der Waals surface area contributed by atoms with Crippen molar-refractivity contribution in [2.24, 2.45) is 0 Å². The summed E-state index contributed by atoms with van der Waals surface area (Å²) in [6.07, 6.45) is 0. The number of benzene rings is 1. The third-order valence-electron chi connectivity index (χ3n) is 3.25. The molecule has 96 valence electrons. The van der Waals surface area contributed by atoms with Crippen LogP contribution in [0.25, 0.3) is 0 Å². The van der Waals surface area contributed by atoms with Gasteiger partial charge >= 0.3 is 0 Å². The average molecular weight is 247 g/mol. The van der Waals surface area contributed by atoms with Gasteiger partial charge in [0.2, 0.25) is 5.91 Å². The summed E-state index contributed by atoms with van der Waals surface area (Å²) in [5.41, 5.74) is 7.69. The molecular weight excluding hydrogens is 230 g/mol. The molecule has 1 aliphatic heterocycles. The molecule has 1 atom stereocenters. The lowest BCUT2D eigenvalue weighted by Gasteiger charge is -2.33. The average Bonchev–Trinajstić information content (AvgIpc) is 2.35. The van der Waals surface area contributed by atoms with Gasteiger partial charge in [-0.3, -0.25) is 9.59 Å². The Morgan fingerprint density at radius 2 is 2.22 bits per heavy atom. The van der Waals surface area contributed by atoms with Gasteiger partial charge in [0.1, 0.15) is 6.04 Å². The van der Waals surface area contributed by atoms with Gasteiger partial charge in [-0.2, -0.15) is 0 Å². The fraction of sp³-hybridized carbons (Fsp3) is 0.385. The fourth-order valence-electron chi connectivity index (χ4n) is 2.08. The fourth-order valence-corrected chi connectivity index (χ4v) is 2.08. The summed E-state index contributed by atoms with van der Waals surface area (Å²) in [5.74, 6) is -0.252. The monoisotopic (exact) mass is 247 g/mol. The molecule has 1 saturated heterocycles. The van der Waals surface area contributed by atoms with Crippen molar-refractivity contribution >= 4 is 17.5 Å². The molecule has 0 radical (unpaired) electrons. The van der Waals surface area contributed by atoms with E-state index >= 15 is 0 Å². The molecule has 0 spiro atoms. The van der Waals surface area contributed by atoms with E-state index < -0.39 is 6.04 Å². The number of anilines is 1. The maximum Gasteiger partial charge on any atom is 0.254 e. The van der Waals surface area contributed by atoms with Crippen molar-refractivity contribution in [2.75, 3.05) is 18.8 Å². The van der Waals surface area contributed by atoms with E-state index in [4.69, 9.17) is 5.73 Å². The largest absolute Gasteiger partial charge is 0.399 e. The molecule has 1 heterocycles. The zero-order valence-corrected chi connectivity index (χ0v) is 10.6. The summed E-state index contributed by atoms with van der Waals surface area (Å²) in [5, 5.41) is 2.74. The first-order valence-corrected chi connectivity index (χ1v) is 5.95. The molecule has 0 bridgehead atoms. The van der Waals surface area contributed by atoms with Crippen LogP contribution in [0.3, 0.4) is 0 Å². The smallest absolute Gasteiger partial charge is 0.254 e. The summed E-state index contributed by atoms with van der Waals surface area (Å²) < 4.78 is 0. The molecule has 0 saturated carbocycles. The van der Waals surface area contributed by atoms with Crippen LogP contribution in [0.15, 0.2) is 18.2 Å². The number of piperazine rings is 1. The Morgan fingerprint density at radius 1 is 1.50 bits per heavy atom. The second-order valence-corrected chi connectivity index (χ2v) is 4.54. The molecule has 2 rings (SSSR count). The lowest BCUT2D eigenvalue weighted by atomic mass is 10.0. The molecule has 3 N–H and O–H groups in total. The number of carbonyl (C=O) groups excluding carboxylic acids is 2. The van der Waals surface area contributed by atoms with Crippen molar-refractivity contribution < 1.29 is 9.59 Å². The maximum absolute atomic E-state index is 12.4. The van der Waals surface area contributed by atoms with Crippen LogP contribution in [0, 0.1) is 6.92 Å². The molecule has 0 aliphatic carbocycles. The number of nitrogens with one attached hydrogen (secondary N) is 1. The molecule has 18 heavy (non-hydrogen) atoms. The first kappa shape index (κ1) is 12.4. The summed E-state index contributed by atoms with van der Waals surface area (Å²) in [4.78, 5) is 25.6. The number of nitrogens with two attached hydrogens (primary N) is 1. The van der Waals surface area contributed by atoms with E-state index in [9.17, 15) is 9.59 Å². The van der Waals surface area contributed by atoms with Crippen LogP contribution in [0.2, 0.25) is 0 Å². The van der Waals surface area contributed by atoms with Crippen molar-refractivity contribution in [3.8, 4) is 0 Å². The molecular formula is C13H17N3O2. The zero-order valence-electron chi connectivity index (χ0n) is 10.6. The van der Waals surface area contributed by atoms with E-state index in [0.29, 0.717) is 24.3 Å². The van der Waals surface area contributed by atoms with E-state index in [1.165, 1.54) is 0 Å². The Balaban J connectivity index is 2.30. The van der Waals surface area contributed by atoms with Gasteiger partial charge in [-0.05, 0) is 31.5 Å². The first-order chi connectivity index (χ1) is 8.50. The van der Waals surface area contributed by atoms with Crippen LogP contribution in [-0.4, -0.2) is 35.8 Å². The Kier molecular flexibility index (Phi) is 3.23. The van der Waals surface area contributed by atoms with Crippen LogP contribution >= 0.6 is 0 Å². The van der Waals surface area contributed by atoms with Gasteiger partial charge in [-0.15, -0.1) is 0 Å². The molecule has 2 amide bonds. The SMILES string of the molecule is Cc1ccc(N)cc1C(=O)N1CCNC(=O)C1C. The Hall–Kier alpha value is -2.04. The molecule has 5 heteroatoms. The van der Waals surface area contributed by atoms with Crippen molar-refractivity contribution in [2.45, 2.75) is 19.9 Å². The quantitative estimate of drug-likeness (QED) is 0.711. The van der Waals surface area contributed by atoms with Gasteiger partial charge in [0.25, 0.3) is 5.91 Å². The molecule has 1 unspecified atom stereocenters. The highest BCUT2D eigenvalue weighted by Gasteiger charge is 2.30. The summed E-state index contributed by atoms with van der Waals surface area (Å²) in [6.45, 7) is 4.62. The Bertz CT molecular complexity index is 499. The van der Waals surface area contributed by atoms with Gasteiger partial charge in [-0.25, -0.2) is 0 Å². The number of nitrogens with zero attached hydrogens (tertiary/aromatic N) is 1. The predicted molar refractivity (Wildman–Crippen MR) is 69.1 cm³/mol. The number of rotatable bonds is 1. The summed E-state index contributed by atoms with van der Waals surface area (Å²) >= 11 is 0. The van der Waals surface area contributed by atoms with Crippen LogP contribution in [0.5, 0.6) is 0 Å². The lowest BCUT2D eigenvalue weighted by molar-refractivity contribution is -0.127. The van der Waals surface area contributed by atoms with Gasteiger partial charge < -0.3 is 16.0 Å². The first-order valence-electron chi connectivity index (χ1n) is 5.95. The minimum Gasteiger partial charge on any atom is -0.399 e. The second-order valence-electron chi connectivity index (χ2n) is 4.54. The van der Waals surface area contributed by atoms with E-state index in [-0.39, 0.29) is 11.8 Å². The predicted octanol–water partition coefficient (Wildman–Crippen LogP) is 0.538. The van der Waals surface area contributed by atoms with E-state index in [1.807, 2.05) is 13.0 Å². The van der Waals surface area contributed by atoms with Crippen LogP contribution in [0.4, 0.5) is 5.69 Å². The van der Waals surface area contributed by atoms with E-state index in [2.05, 4.69) is 5.32 Å². The molecule has 5 nitrogen and oxygen atoms in total.